The molecule has 0 aliphatic carbocycles. The van der Waals surface area contributed by atoms with Crippen molar-refractivity contribution in [1.82, 2.24) is 4.98 Å². The van der Waals surface area contributed by atoms with Crippen molar-refractivity contribution in [3.8, 4) is 0 Å². The van der Waals surface area contributed by atoms with Crippen LogP contribution in [0.1, 0.15) is 34.0 Å². The minimum absolute atomic E-state index is 0.0627. The lowest BCUT2D eigenvalue weighted by Gasteiger charge is -2.13. The number of anilines is 1. The Kier molecular flexibility index (Phi) is 3.62. The molecule has 0 saturated heterocycles. The molecule has 0 amide bonds. The molecule has 94 valence electrons. The summed E-state index contributed by atoms with van der Waals surface area (Å²) in [5.41, 5.74) is 2.07. The van der Waals surface area contributed by atoms with Crippen LogP contribution in [0.4, 0.5) is 5.69 Å². The third-order valence-electron chi connectivity index (χ3n) is 2.50. The predicted octanol–water partition coefficient (Wildman–Crippen LogP) is 3.32. The van der Waals surface area contributed by atoms with Crippen LogP contribution in [0.15, 0.2) is 29.6 Å². The van der Waals surface area contributed by atoms with Crippen LogP contribution in [-0.2, 0) is 0 Å². The fourth-order valence-electron chi connectivity index (χ4n) is 1.62. The van der Waals surface area contributed by atoms with Crippen molar-refractivity contribution in [2.45, 2.75) is 19.9 Å². The zero-order valence-corrected chi connectivity index (χ0v) is 11.0. The molecule has 18 heavy (non-hydrogen) atoms. The second-order valence-electron chi connectivity index (χ2n) is 4.08. The molecule has 2 N–H and O–H groups in total. The van der Waals surface area contributed by atoms with E-state index in [1.807, 2.05) is 25.3 Å². The first kappa shape index (κ1) is 12.6. The lowest BCUT2D eigenvalue weighted by Crippen LogP contribution is -2.07. The highest BCUT2D eigenvalue weighted by atomic mass is 32.1. The molecule has 0 aliphatic rings. The smallest absolute Gasteiger partial charge is 0.335 e. The second kappa shape index (κ2) is 5.18. The minimum atomic E-state index is -0.920. The van der Waals surface area contributed by atoms with E-state index in [4.69, 9.17) is 5.11 Å². The van der Waals surface area contributed by atoms with E-state index in [9.17, 15) is 4.79 Å². The van der Waals surface area contributed by atoms with Crippen LogP contribution in [0.2, 0.25) is 0 Å². The van der Waals surface area contributed by atoms with Crippen LogP contribution in [0, 0.1) is 6.92 Å². The van der Waals surface area contributed by atoms with Crippen molar-refractivity contribution in [1.29, 1.82) is 0 Å². The molecule has 2 rings (SSSR count). The molecule has 0 bridgehead atoms. The van der Waals surface area contributed by atoms with E-state index < -0.39 is 5.97 Å². The molecule has 1 aromatic carbocycles. The summed E-state index contributed by atoms with van der Waals surface area (Å²) in [6.07, 6.45) is 0. The van der Waals surface area contributed by atoms with Gasteiger partial charge in [-0.2, -0.15) is 0 Å². The Balaban J connectivity index is 2.14. The summed E-state index contributed by atoms with van der Waals surface area (Å²) in [4.78, 5) is 15.3. The quantitative estimate of drug-likeness (QED) is 0.887. The normalized spacial score (nSPS) is 12.1. The van der Waals surface area contributed by atoms with Gasteiger partial charge in [0, 0.05) is 16.8 Å². The molecular weight excluding hydrogens is 248 g/mol. The van der Waals surface area contributed by atoms with E-state index in [0.717, 1.165) is 16.4 Å². The van der Waals surface area contributed by atoms with Crippen LogP contribution in [-0.4, -0.2) is 16.1 Å². The standard InChI is InChI=1S/C13H14N2O2S/c1-8-7-18-12(14-8)9(2)15-11-5-3-4-10(6-11)13(16)17/h3-7,9,15H,1-2H3,(H,16,17). The van der Waals surface area contributed by atoms with Gasteiger partial charge < -0.3 is 10.4 Å². The molecular formula is C13H14N2O2S. The van der Waals surface area contributed by atoms with Gasteiger partial charge in [-0.1, -0.05) is 6.07 Å². The second-order valence-corrected chi connectivity index (χ2v) is 4.97. The first-order chi connectivity index (χ1) is 8.56. The summed E-state index contributed by atoms with van der Waals surface area (Å²) >= 11 is 1.60. The highest BCUT2D eigenvalue weighted by Crippen LogP contribution is 2.22. The van der Waals surface area contributed by atoms with E-state index in [2.05, 4.69) is 10.3 Å². The highest BCUT2D eigenvalue weighted by Gasteiger charge is 2.10. The van der Waals surface area contributed by atoms with Gasteiger partial charge in [0.1, 0.15) is 5.01 Å². The van der Waals surface area contributed by atoms with Gasteiger partial charge in [0.05, 0.1) is 11.6 Å². The van der Waals surface area contributed by atoms with Gasteiger partial charge in [-0.25, -0.2) is 9.78 Å². The minimum Gasteiger partial charge on any atom is -0.478 e. The number of nitrogens with one attached hydrogen (secondary N) is 1. The van der Waals surface area contributed by atoms with Gasteiger partial charge in [0.2, 0.25) is 0 Å². The van der Waals surface area contributed by atoms with Crippen LogP contribution >= 0.6 is 11.3 Å². The number of carboxylic acid groups (broad SMARTS) is 1. The number of carbonyl (C=O) groups is 1. The molecule has 0 radical (unpaired) electrons. The SMILES string of the molecule is Cc1csc(C(C)Nc2cccc(C(=O)O)c2)n1. The summed E-state index contributed by atoms with van der Waals surface area (Å²) in [6.45, 7) is 3.96. The molecule has 1 heterocycles. The van der Waals surface area contributed by atoms with Crippen molar-refractivity contribution in [3.05, 3.63) is 45.9 Å². The Morgan fingerprint density at radius 3 is 2.89 bits per heavy atom. The van der Waals surface area contributed by atoms with Gasteiger partial charge in [0.15, 0.2) is 0 Å². The van der Waals surface area contributed by atoms with Crippen molar-refractivity contribution in [2.24, 2.45) is 0 Å². The van der Waals surface area contributed by atoms with Gasteiger partial charge >= 0.3 is 5.97 Å². The van der Waals surface area contributed by atoms with E-state index in [-0.39, 0.29) is 11.6 Å². The first-order valence-electron chi connectivity index (χ1n) is 5.58. The van der Waals surface area contributed by atoms with Crippen molar-refractivity contribution in [3.63, 3.8) is 0 Å². The average Bonchev–Trinajstić information content (AvgIpc) is 2.76. The molecule has 1 atom stereocenters. The summed E-state index contributed by atoms with van der Waals surface area (Å²) in [7, 11) is 0. The summed E-state index contributed by atoms with van der Waals surface area (Å²) in [5.74, 6) is -0.920. The van der Waals surface area contributed by atoms with Crippen LogP contribution in [0.3, 0.4) is 0 Å². The topological polar surface area (TPSA) is 62.2 Å². The summed E-state index contributed by atoms with van der Waals surface area (Å²) in [6, 6.07) is 6.84. The molecule has 0 spiro atoms. The van der Waals surface area contributed by atoms with E-state index >= 15 is 0 Å². The number of aromatic nitrogens is 1. The third-order valence-corrected chi connectivity index (χ3v) is 3.65. The van der Waals surface area contributed by atoms with Gasteiger partial charge in [0.25, 0.3) is 0 Å². The maximum Gasteiger partial charge on any atom is 0.335 e. The Morgan fingerprint density at radius 1 is 1.50 bits per heavy atom. The fourth-order valence-corrected chi connectivity index (χ4v) is 2.43. The third kappa shape index (κ3) is 2.87. The Labute approximate surface area is 109 Å². The van der Waals surface area contributed by atoms with E-state index in [1.165, 1.54) is 0 Å². The Morgan fingerprint density at radius 2 is 2.28 bits per heavy atom. The van der Waals surface area contributed by atoms with Gasteiger partial charge in [-0.05, 0) is 32.0 Å². The maximum atomic E-state index is 10.9. The number of benzene rings is 1. The van der Waals surface area contributed by atoms with Crippen molar-refractivity contribution < 1.29 is 9.90 Å². The first-order valence-corrected chi connectivity index (χ1v) is 6.46. The largest absolute Gasteiger partial charge is 0.478 e. The number of carboxylic acids is 1. The lowest BCUT2D eigenvalue weighted by atomic mass is 10.2. The Hall–Kier alpha value is -1.88. The van der Waals surface area contributed by atoms with Crippen LogP contribution in [0.25, 0.3) is 0 Å². The number of hydrogen-bond acceptors (Lipinski definition) is 4. The summed E-state index contributed by atoms with van der Waals surface area (Å²) in [5, 5.41) is 15.2. The number of hydrogen-bond donors (Lipinski definition) is 2. The van der Waals surface area contributed by atoms with Crippen molar-refractivity contribution >= 4 is 23.0 Å². The number of aromatic carboxylic acids is 1. The maximum absolute atomic E-state index is 10.9. The highest BCUT2D eigenvalue weighted by molar-refractivity contribution is 7.09. The zero-order chi connectivity index (χ0) is 13.1. The monoisotopic (exact) mass is 262 g/mol. The number of thiazole rings is 1. The zero-order valence-electron chi connectivity index (χ0n) is 10.2. The van der Waals surface area contributed by atoms with Crippen LogP contribution < -0.4 is 5.32 Å². The van der Waals surface area contributed by atoms with Crippen molar-refractivity contribution in [2.75, 3.05) is 5.32 Å². The molecule has 0 aliphatic heterocycles. The van der Waals surface area contributed by atoms with Gasteiger partial charge in [-0.15, -0.1) is 11.3 Å². The fraction of sp³-hybridized carbons (Fsp3) is 0.231. The van der Waals surface area contributed by atoms with Crippen LogP contribution in [0.5, 0.6) is 0 Å². The summed E-state index contributed by atoms with van der Waals surface area (Å²) < 4.78 is 0. The van der Waals surface area contributed by atoms with Gasteiger partial charge in [-0.3, -0.25) is 0 Å². The lowest BCUT2D eigenvalue weighted by molar-refractivity contribution is 0.0697. The van der Waals surface area contributed by atoms with E-state index in [0.29, 0.717) is 0 Å². The molecule has 1 aromatic heterocycles. The number of aryl methyl sites for hydroxylation is 1. The number of nitrogens with zero attached hydrogens (tertiary/aromatic N) is 1. The van der Waals surface area contributed by atoms with E-state index in [1.54, 1.807) is 29.5 Å². The molecule has 1 unspecified atom stereocenters. The predicted molar refractivity (Wildman–Crippen MR) is 72.3 cm³/mol. The molecule has 4 nitrogen and oxygen atoms in total. The molecule has 0 saturated carbocycles. The number of rotatable bonds is 4. The molecule has 2 aromatic rings. The molecule has 0 fully saturated rings. The molecule has 5 heteroatoms. The average molecular weight is 262 g/mol. The Bertz CT molecular complexity index is 566.